The van der Waals surface area contributed by atoms with Crippen molar-refractivity contribution in [3.8, 4) is 0 Å². The maximum Gasteiger partial charge on any atom is 0.136 e. The van der Waals surface area contributed by atoms with E-state index in [-0.39, 0.29) is 57.2 Å². The van der Waals surface area contributed by atoms with Crippen LogP contribution in [0.15, 0.2) is 96.1 Å². The summed E-state index contributed by atoms with van der Waals surface area (Å²) in [7, 11) is 0. The van der Waals surface area contributed by atoms with E-state index in [0.29, 0.717) is 59.9 Å². The van der Waals surface area contributed by atoms with Crippen LogP contribution in [-0.4, -0.2) is 97.1 Å². The normalized spacial score (nSPS) is 49.5. The Hall–Kier alpha value is -2.20. The van der Waals surface area contributed by atoms with Gasteiger partial charge in [0, 0.05) is 73.6 Å². The SMILES string of the molecule is C1=CC([N+]23CC[C@@]45c6ccccc6N6[C@@H]7OCC=C8C[N+]9(C%10C=CCCC%10)CC[C@]%10%11c%12ccccc%12N([C@@H]%12OCC=C(C2)[C@H](C[C@@H]43)[C@@H]%12[C@H]65)[C@H]%10[C@H]7[C@H]8C[C@@H]%119)CCC1.[Br-].[Br-]. The minimum absolute atomic E-state index is 0. The highest BCUT2D eigenvalue weighted by Gasteiger charge is 2.81. The molecule has 58 heavy (non-hydrogen) atoms. The highest BCUT2D eigenvalue weighted by atomic mass is 79.9. The minimum Gasteiger partial charge on any atom is -1.00 e. The average molecular weight is 907 g/mol. The fourth-order valence-corrected chi connectivity index (χ4v) is 18.7. The monoisotopic (exact) mass is 904 g/mol. The Bertz CT molecular complexity index is 2070. The molecule has 2 aromatic carbocycles. The quantitative estimate of drug-likeness (QED) is 0.338. The van der Waals surface area contributed by atoms with Crippen LogP contribution in [0.4, 0.5) is 11.4 Å². The molecular weight excluding hydrogens is 848 g/mol. The Morgan fingerprint density at radius 1 is 0.603 bits per heavy atom. The van der Waals surface area contributed by atoms with Gasteiger partial charge >= 0.3 is 0 Å². The van der Waals surface area contributed by atoms with Crippen LogP contribution in [-0.2, 0) is 20.3 Å². The number of ether oxygens (including phenoxy) is 2. The molecule has 2 aromatic rings. The Kier molecular flexibility index (Phi) is 7.70. The van der Waals surface area contributed by atoms with Crippen LogP contribution in [0.3, 0.4) is 0 Å². The molecule has 6 nitrogen and oxygen atoms in total. The number of hydrogen-bond donors (Lipinski definition) is 0. The van der Waals surface area contributed by atoms with Crippen molar-refractivity contribution in [1.29, 1.82) is 0 Å². The lowest BCUT2D eigenvalue weighted by Gasteiger charge is -2.66. The molecule has 16 atom stereocenters. The van der Waals surface area contributed by atoms with Crippen molar-refractivity contribution >= 4 is 11.4 Å². The summed E-state index contributed by atoms with van der Waals surface area (Å²) in [6.07, 6.45) is 28.9. The van der Waals surface area contributed by atoms with E-state index in [4.69, 9.17) is 9.47 Å². The molecule has 0 radical (unpaired) electrons. The molecule has 0 aromatic heterocycles. The standard InChI is InChI=1S/C50H58N4O2.2BrH/c1-3-11-33(12-4-1)53-23-21-49-37-15-7-9-17-39(37)51-45(49)43-35(27-41(49)53)31(29-53)19-25-55-47(43)52-40-18-10-8-16-38(40)50-22-24-54(34-13-5-2-6-14-34)30-32-20-26-56-48(51)44(46(50)52)36(32)28-42(50)54;;/h3,5,7-11,13,15-20,33-36,41-48H,1-2,4,6,12,14,21-30H2;2*1H/q+2;;/p-2/t33?,34?,35-,36-,41-,42-,43+,44+,45-,46-,47+,48+,49+,50+,53?,54?;;/m0../s1. The van der Waals surface area contributed by atoms with Gasteiger partial charge in [0.25, 0.3) is 0 Å². The first-order valence-electron chi connectivity index (χ1n) is 23.1. The van der Waals surface area contributed by atoms with Gasteiger partial charge in [0.05, 0.1) is 49.2 Å². The number of anilines is 2. The molecule has 4 bridgehead atoms. The largest absolute Gasteiger partial charge is 1.00 e. The molecule has 0 amide bonds. The van der Waals surface area contributed by atoms with Crippen LogP contribution in [0.25, 0.3) is 0 Å². The summed E-state index contributed by atoms with van der Waals surface area (Å²) < 4.78 is 17.9. The van der Waals surface area contributed by atoms with Crippen molar-refractivity contribution in [1.82, 2.24) is 0 Å². The molecule has 8 heteroatoms. The fraction of sp³-hybridized carbons (Fsp3) is 0.600. The van der Waals surface area contributed by atoms with Crippen molar-refractivity contribution in [3.63, 3.8) is 0 Å². The smallest absolute Gasteiger partial charge is 0.136 e. The molecule has 304 valence electrons. The number of nitrogens with zero attached hydrogens (tertiary/aromatic N) is 4. The van der Waals surface area contributed by atoms with E-state index in [2.05, 4.69) is 94.8 Å². The van der Waals surface area contributed by atoms with E-state index in [0.717, 1.165) is 13.2 Å². The van der Waals surface area contributed by atoms with Crippen molar-refractivity contribution in [3.05, 3.63) is 107 Å². The zero-order valence-corrected chi connectivity index (χ0v) is 36.9. The molecule has 2 saturated carbocycles. The van der Waals surface area contributed by atoms with E-state index in [1.54, 1.807) is 22.3 Å². The lowest BCUT2D eigenvalue weighted by molar-refractivity contribution is -0.960. The van der Waals surface area contributed by atoms with Crippen molar-refractivity contribution in [2.24, 2.45) is 23.7 Å². The van der Waals surface area contributed by atoms with Gasteiger partial charge in [0.2, 0.25) is 0 Å². The van der Waals surface area contributed by atoms with Crippen molar-refractivity contribution in [2.75, 3.05) is 49.2 Å². The van der Waals surface area contributed by atoms with Crippen LogP contribution < -0.4 is 43.8 Å². The second-order valence-electron chi connectivity index (χ2n) is 21.0. The molecular formula is C50H58Br2N4O2. The van der Waals surface area contributed by atoms with Crippen LogP contribution in [0.5, 0.6) is 0 Å². The van der Waals surface area contributed by atoms with Gasteiger partial charge in [-0.1, -0.05) is 60.7 Å². The predicted molar refractivity (Wildman–Crippen MR) is 218 cm³/mol. The van der Waals surface area contributed by atoms with Gasteiger partial charge in [-0.3, -0.25) is 0 Å². The van der Waals surface area contributed by atoms with E-state index in [9.17, 15) is 0 Å². The van der Waals surface area contributed by atoms with Gasteiger partial charge in [-0.2, -0.15) is 0 Å². The van der Waals surface area contributed by atoms with Gasteiger partial charge in [0.1, 0.15) is 49.7 Å². The Labute approximate surface area is 365 Å². The molecule has 4 unspecified atom stereocenters. The van der Waals surface area contributed by atoms with E-state index >= 15 is 0 Å². The maximum absolute atomic E-state index is 7.68. The van der Waals surface area contributed by atoms with Crippen molar-refractivity contribution < 1.29 is 52.4 Å². The number of allylic oxidation sites excluding steroid dienone is 2. The molecule has 2 spiro atoms. The van der Waals surface area contributed by atoms with E-state index in [1.165, 1.54) is 111 Å². The summed E-state index contributed by atoms with van der Waals surface area (Å²) in [4.78, 5) is 6.09. The topological polar surface area (TPSA) is 24.9 Å². The molecule has 0 N–H and O–H groups in total. The lowest BCUT2D eigenvalue weighted by Crippen LogP contribution is -3.00. The van der Waals surface area contributed by atoms with Gasteiger partial charge in [-0.15, -0.1) is 0 Å². The van der Waals surface area contributed by atoms with Gasteiger partial charge in [-0.25, -0.2) is 0 Å². The van der Waals surface area contributed by atoms with Crippen LogP contribution in [0.2, 0.25) is 0 Å². The molecule has 5 saturated heterocycles. The number of quaternary nitrogens is 2. The van der Waals surface area contributed by atoms with Gasteiger partial charge in [-0.05, 0) is 72.2 Å². The summed E-state index contributed by atoms with van der Waals surface area (Å²) in [6, 6.07) is 23.1. The van der Waals surface area contributed by atoms with E-state index < -0.39 is 0 Å². The fourth-order valence-electron chi connectivity index (χ4n) is 18.7. The Morgan fingerprint density at radius 3 is 1.52 bits per heavy atom. The number of halogens is 2. The molecule has 7 fully saturated rings. The Balaban J connectivity index is 0.00000175. The first-order chi connectivity index (χ1) is 27.7. The summed E-state index contributed by atoms with van der Waals surface area (Å²) in [5, 5.41) is 0. The number of benzene rings is 2. The molecule has 9 heterocycles. The first kappa shape index (κ1) is 36.5. The second-order valence-corrected chi connectivity index (χ2v) is 21.0. The summed E-state index contributed by atoms with van der Waals surface area (Å²) in [5.74, 6) is 1.88. The van der Waals surface area contributed by atoms with Gasteiger partial charge in [0.15, 0.2) is 0 Å². The maximum atomic E-state index is 7.68. The molecule has 9 aliphatic heterocycles. The highest BCUT2D eigenvalue weighted by molar-refractivity contribution is 5.72. The minimum atomic E-state index is 0. The third kappa shape index (κ3) is 3.91. The van der Waals surface area contributed by atoms with Gasteiger partial charge < -0.3 is 62.2 Å². The third-order valence-electron chi connectivity index (χ3n) is 20.1. The third-order valence-corrected chi connectivity index (χ3v) is 20.1. The number of piperidine rings is 2. The second kappa shape index (κ2) is 12.2. The first-order valence-corrected chi connectivity index (χ1v) is 23.1. The number of fused-ring (bicyclic) bond motifs is 6. The summed E-state index contributed by atoms with van der Waals surface area (Å²) in [5.41, 5.74) is 10.1. The molecule has 13 aliphatic rings. The Morgan fingerprint density at radius 2 is 1.07 bits per heavy atom. The van der Waals surface area contributed by atoms with Crippen LogP contribution in [0.1, 0.15) is 75.3 Å². The number of para-hydroxylation sites is 2. The van der Waals surface area contributed by atoms with Crippen molar-refractivity contribution in [2.45, 2.75) is 124 Å². The van der Waals surface area contributed by atoms with Crippen LogP contribution >= 0.6 is 0 Å². The zero-order valence-electron chi connectivity index (χ0n) is 33.7. The molecule has 15 rings (SSSR count). The molecule has 4 aliphatic carbocycles. The zero-order chi connectivity index (χ0) is 36.2. The average Bonchev–Trinajstić information content (AvgIpc) is 3.89. The predicted octanol–water partition coefficient (Wildman–Crippen LogP) is 1.52. The van der Waals surface area contributed by atoms with E-state index in [1.807, 2.05) is 0 Å². The summed E-state index contributed by atoms with van der Waals surface area (Å²) >= 11 is 0. The summed E-state index contributed by atoms with van der Waals surface area (Å²) in [6.45, 7) is 6.56. The number of hydrogen-bond acceptors (Lipinski definition) is 4. The number of rotatable bonds is 2. The highest BCUT2D eigenvalue weighted by Crippen LogP contribution is 2.73. The lowest BCUT2D eigenvalue weighted by atomic mass is 9.52. The van der Waals surface area contributed by atoms with Crippen LogP contribution in [0, 0.1) is 23.7 Å².